The third-order valence-electron chi connectivity index (χ3n) is 6.24. The highest BCUT2D eigenvalue weighted by atomic mass is 19.1. The SMILES string of the molecule is CC(O)CC1(c2ccccc2)CCN([C@@H](C)c2ccc(-c3ccc(F)cc3)cc2)C(=O)O1. The molecular weight excluding hydrogens is 405 g/mol. The van der Waals surface area contributed by atoms with E-state index in [-0.39, 0.29) is 18.0 Å². The number of amides is 1. The van der Waals surface area contributed by atoms with Crippen molar-refractivity contribution in [2.45, 2.75) is 44.4 Å². The number of carbonyl (C=O) groups excluding carboxylic acids is 1. The van der Waals surface area contributed by atoms with Gasteiger partial charge in [-0.05, 0) is 48.2 Å². The summed E-state index contributed by atoms with van der Waals surface area (Å²) >= 11 is 0. The Balaban J connectivity index is 1.51. The third kappa shape index (κ3) is 4.53. The highest BCUT2D eigenvalue weighted by Gasteiger charge is 2.44. The van der Waals surface area contributed by atoms with Crippen LogP contribution in [0.2, 0.25) is 0 Å². The van der Waals surface area contributed by atoms with Gasteiger partial charge in [0, 0.05) is 19.4 Å². The zero-order chi connectivity index (χ0) is 22.7. The highest BCUT2D eigenvalue weighted by molar-refractivity contribution is 5.70. The fraction of sp³-hybridized carbons (Fsp3) is 0.296. The molecule has 1 aliphatic heterocycles. The Bertz CT molecular complexity index is 1050. The summed E-state index contributed by atoms with van der Waals surface area (Å²) in [7, 11) is 0. The second-order valence-corrected chi connectivity index (χ2v) is 8.53. The number of ether oxygens (including phenoxy) is 1. The van der Waals surface area contributed by atoms with E-state index in [1.165, 1.54) is 12.1 Å². The van der Waals surface area contributed by atoms with Crippen LogP contribution in [-0.2, 0) is 10.3 Å². The maximum atomic E-state index is 13.2. The summed E-state index contributed by atoms with van der Waals surface area (Å²) in [6, 6.07) is 23.8. The van der Waals surface area contributed by atoms with Crippen LogP contribution in [0.3, 0.4) is 0 Å². The van der Waals surface area contributed by atoms with Crippen LogP contribution < -0.4 is 0 Å². The van der Waals surface area contributed by atoms with Gasteiger partial charge in [0.1, 0.15) is 11.4 Å². The summed E-state index contributed by atoms with van der Waals surface area (Å²) in [5, 5.41) is 10.1. The van der Waals surface area contributed by atoms with E-state index in [2.05, 4.69) is 0 Å². The maximum Gasteiger partial charge on any atom is 0.411 e. The lowest BCUT2D eigenvalue weighted by atomic mass is 9.84. The molecule has 3 atom stereocenters. The first-order valence-corrected chi connectivity index (χ1v) is 11.0. The molecule has 3 aromatic carbocycles. The van der Waals surface area contributed by atoms with Crippen molar-refractivity contribution in [2.24, 2.45) is 0 Å². The quantitative estimate of drug-likeness (QED) is 0.514. The van der Waals surface area contributed by atoms with Crippen LogP contribution in [0.5, 0.6) is 0 Å². The first-order valence-electron chi connectivity index (χ1n) is 11.0. The van der Waals surface area contributed by atoms with Crippen molar-refractivity contribution in [3.63, 3.8) is 0 Å². The van der Waals surface area contributed by atoms with Crippen LogP contribution in [0, 0.1) is 5.82 Å². The maximum absolute atomic E-state index is 13.2. The number of aliphatic hydroxyl groups is 1. The predicted molar refractivity (Wildman–Crippen MR) is 122 cm³/mol. The Morgan fingerprint density at radius 3 is 2.12 bits per heavy atom. The first kappa shape index (κ1) is 22.0. The Hall–Kier alpha value is -3.18. The number of hydrogen-bond donors (Lipinski definition) is 1. The fourth-order valence-corrected chi connectivity index (χ4v) is 4.48. The molecule has 0 saturated carbocycles. The Kier molecular flexibility index (Phi) is 6.28. The minimum atomic E-state index is -0.824. The van der Waals surface area contributed by atoms with E-state index in [0.717, 1.165) is 22.3 Å². The molecular formula is C27H28FNO3. The molecule has 0 bridgehead atoms. The molecule has 4 rings (SSSR count). The van der Waals surface area contributed by atoms with Crippen molar-refractivity contribution < 1.29 is 19.0 Å². The summed E-state index contributed by atoms with van der Waals surface area (Å²) in [5.74, 6) is -0.259. The molecule has 1 amide bonds. The molecule has 1 heterocycles. The monoisotopic (exact) mass is 433 g/mol. The molecule has 1 N–H and O–H groups in total. The summed E-state index contributed by atoms with van der Waals surface area (Å²) in [5.41, 5.74) is 3.01. The van der Waals surface area contributed by atoms with Crippen molar-refractivity contribution in [1.29, 1.82) is 0 Å². The molecule has 32 heavy (non-hydrogen) atoms. The van der Waals surface area contributed by atoms with E-state index in [4.69, 9.17) is 4.74 Å². The molecule has 0 spiro atoms. The van der Waals surface area contributed by atoms with Crippen LogP contribution in [0.25, 0.3) is 11.1 Å². The van der Waals surface area contributed by atoms with Gasteiger partial charge in [-0.1, -0.05) is 66.7 Å². The first-order chi connectivity index (χ1) is 15.4. The lowest BCUT2D eigenvalue weighted by Gasteiger charge is -2.44. The number of aliphatic hydroxyl groups excluding tert-OH is 1. The van der Waals surface area contributed by atoms with Crippen LogP contribution in [0.4, 0.5) is 9.18 Å². The van der Waals surface area contributed by atoms with Gasteiger partial charge in [-0.3, -0.25) is 0 Å². The Morgan fingerprint density at radius 2 is 1.56 bits per heavy atom. The van der Waals surface area contributed by atoms with Gasteiger partial charge < -0.3 is 14.7 Å². The number of halogens is 1. The van der Waals surface area contributed by atoms with E-state index < -0.39 is 11.7 Å². The molecule has 0 aliphatic carbocycles. The van der Waals surface area contributed by atoms with Gasteiger partial charge in [-0.15, -0.1) is 0 Å². The van der Waals surface area contributed by atoms with Gasteiger partial charge >= 0.3 is 6.09 Å². The summed E-state index contributed by atoms with van der Waals surface area (Å²) in [4.78, 5) is 14.8. The average Bonchev–Trinajstić information content (AvgIpc) is 2.79. The molecule has 5 heteroatoms. The van der Waals surface area contributed by atoms with Crippen molar-refractivity contribution in [3.05, 3.63) is 95.8 Å². The van der Waals surface area contributed by atoms with Gasteiger partial charge in [0.2, 0.25) is 0 Å². The number of carbonyl (C=O) groups is 1. The van der Waals surface area contributed by atoms with E-state index in [9.17, 15) is 14.3 Å². The molecule has 0 radical (unpaired) electrons. The smallest absolute Gasteiger partial charge is 0.411 e. The Morgan fingerprint density at radius 1 is 0.969 bits per heavy atom. The number of cyclic esters (lactones) is 1. The lowest BCUT2D eigenvalue weighted by molar-refractivity contribution is -0.0815. The van der Waals surface area contributed by atoms with Gasteiger partial charge in [-0.25, -0.2) is 9.18 Å². The largest absolute Gasteiger partial charge is 0.438 e. The second-order valence-electron chi connectivity index (χ2n) is 8.53. The van der Waals surface area contributed by atoms with Crippen LogP contribution in [-0.4, -0.2) is 28.7 Å². The molecule has 1 aliphatic rings. The molecule has 166 valence electrons. The minimum absolute atomic E-state index is 0.162. The topological polar surface area (TPSA) is 49.8 Å². The second kappa shape index (κ2) is 9.13. The van der Waals surface area contributed by atoms with Crippen molar-refractivity contribution in [1.82, 2.24) is 4.90 Å². The third-order valence-corrected chi connectivity index (χ3v) is 6.24. The molecule has 1 fully saturated rings. The molecule has 4 nitrogen and oxygen atoms in total. The summed E-state index contributed by atoms with van der Waals surface area (Å²) in [6.45, 7) is 4.23. The van der Waals surface area contributed by atoms with Crippen molar-refractivity contribution >= 4 is 6.09 Å². The predicted octanol–water partition coefficient (Wildman–Crippen LogP) is 6.06. The minimum Gasteiger partial charge on any atom is -0.438 e. The fourth-order valence-electron chi connectivity index (χ4n) is 4.48. The zero-order valence-electron chi connectivity index (χ0n) is 18.4. The van der Waals surface area contributed by atoms with Gasteiger partial charge in [0.25, 0.3) is 0 Å². The van der Waals surface area contributed by atoms with Gasteiger partial charge in [0.15, 0.2) is 0 Å². The molecule has 3 aromatic rings. The normalized spacial score (nSPS) is 20.5. The molecule has 1 saturated heterocycles. The number of hydrogen-bond acceptors (Lipinski definition) is 3. The number of nitrogens with zero attached hydrogens (tertiary/aromatic N) is 1. The lowest BCUT2D eigenvalue weighted by Crippen LogP contribution is -2.49. The average molecular weight is 434 g/mol. The van der Waals surface area contributed by atoms with E-state index in [0.29, 0.717) is 19.4 Å². The van der Waals surface area contributed by atoms with Gasteiger partial charge in [-0.2, -0.15) is 0 Å². The van der Waals surface area contributed by atoms with Crippen LogP contribution >= 0.6 is 0 Å². The highest BCUT2D eigenvalue weighted by Crippen LogP contribution is 2.40. The standard InChI is InChI=1S/C27H28FNO3/c1-19(30)18-27(24-6-4-3-5-7-24)16-17-29(26(31)32-27)20(2)21-8-10-22(11-9-21)23-12-14-25(28)15-13-23/h3-15,19-20,30H,16-18H2,1-2H3/t19?,20-,27?/m0/s1. The van der Waals surface area contributed by atoms with E-state index in [1.807, 2.05) is 61.5 Å². The zero-order valence-corrected chi connectivity index (χ0v) is 18.4. The number of rotatable bonds is 6. The van der Waals surface area contributed by atoms with Crippen LogP contribution in [0.1, 0.15) is 43.9 Å². The van der Waals surface area contributed by atoms with E-state index in [1.54, 1.807) is 24.0 Å². The van der Waals surface area contributed by atoms with Crippen molar-refractivity contribution in [2.75, 3.05) is 6.54 Å². The van der Waals surface area contributed by atoms with E-state index >= 15 is 0 Å². The molecule has 0 aromatic heterocycles. The van der Waals surface area contributed by atoms with Gasteiger partial charge in [0.05, 0.1) is 12.1 Å². The summed E-state index contributed by atoms with van der Waals surface area (Å²) < 4.78 is 19.2. The molecule has 2 unspecified atom stereocenters. The summed E-state index contributed by atoms with van der Waals surface area (Å²) in [6.07, 6.45) is -0.00920. The number of benzene rings is 3. The van der Waals surface area contributed by atoms with Crippen molar-refractivity contribution in [3.8, 4) is 11.1 Å². The van der Waals surface area contributed by atoms with Crippen LogP contribution in [0.15, 0.2) is 78.9 Å². The Labute approximate surface area is 188 Å².